The maximum Gasteiger partial charge on any atom is 0.408 e. The van der Waals surface area contributed by atoms with Gasteiger partial charge < -0.3 is 30.3 Å². The number of carboxylic acid groups (broad SMARTS) is 1. The molecule has 2 aromatic carbocycles. The number of ether oxygens (including phenoxy) is 2. The third-order valence-corrected chi connectivity index (χ3v) is 6.14. The summed E-state index contributed by atoms with van der Waals surface area (Å²) in [4.78, 5) is 37.2. The van der Waals surface area contributed by atoms with E-state index in [1.807, 2.05) is 48.5 Å². The Labute approximate surface area is 198 Å². The molecule has 1 aliphatic rings. The predicted molar refractivity (Wildman–Crippen MR) is 124 cm³/mol. The van der Waals surface area contributed by atoms with Crippen LogP contribution in [-0.4, -0.2) is 66.7 Å². The van der Waals surface area contributed by atoms with Crippen molar-refractivity contribution in [2.75, 3.05) is 26.9 Å². The van der Waals surface area contributed by atoms with Gasteiger partial charge in [-0.2, -0.15) is 0 Å². The second kappa shape index (κ2) is 11.1. The van der Waals surface area contributed by atoms with Crippen LogP contribution >= 0.6 is 0 Å². The lowest BCUT2D eigenvalue weighted by atomic mass is 9.95. The Balaban J connectivity index is 1.73. The molecule has 3 rings (SSSR count). The van der Waals surface area contributed by atoms with E-state index in [-0.39, 0.29) is 32.0 Å². The Morgan fingerprint density at radius 1 is 1.06 bits per heavy atom. The lowest BCUT2D eigenvalue weighted by molar-refractivity contribution is -0.144. The first kappa shape index (κ1) is 25.2. The first-order valence-electron chi connectivity index (χ1n) is 11.1. The molecule has 0 radical (unpaired) electrons. The summed E-state index contributed by atoms with van der Waals surface area (Å²) in [6.07, 6.45) is -0.855. The van der Waals surface area contributed by atoms with Gasteiger partial charge in [-0.3, -0.25) is 4.79 Å². The molecule has 0 fully saturated rings. The highest BCUT2D eigenvalue weighted by Gasteiger charge is 2.41. The summed E-state index contributed by atoms with van der Waals surface area (Å²) >= 11 is 0. The van der Waals surface area contributed by atoms with Gasteiger partial charge in [-0.25, -0.2) is 9.59 Å². The fraction of sp³-hybridized carbons (Fsp3) is 0.400. The number of alkyl carbamates (subject to hydrolysis) is 1. The van der Waals surface area contributed by atoms with Crippen LogP contribution in [0.15, 0.2) is 48.5 Å². The number of aliphatic hydroxyl groups excluding tert-OH is 1. The molecule has 0 aliphatic heterocycles. The van der Waals surface area contributed by atoms with Crippen LogP contribution in [0.1, 0.15) is 36.8 Å². The summed E-state index contributed by atoms with van der Waals surface area (Å²) in [6.45, 7) is 1.13. The van der Waals surface area contributed by atoms with E-state index in [1.165, 1.54) is 7.11 Å². The molecule has 9 heteroatoms. The van der Waals surface area contributed by atoms with Gasteiger partial charge >= 0.3 is 12.1 Å². The van der Waals surface area contributed by atoms with Crippen LogP contribution in [0.5, 0.6) is 0 Å². The predicted octanol–water partition coefficient (Wildman–Crippen LogP) is 2.27. The summed E-state index contributed by atoms with van der Waals surface area (Å²) in [7, 11) is 1.37. The molecule has 0 bridgehead atoms. The largest absolute Gasteiger partial charge is 0.480 e. The van der Waals surface area contributed by atoms with Crippen molar-refractivity contribution < 1.29 is 34.1 Å². The number of hydrogen-bond acceptors (Lipinski definition) is 6. The zero-order chi connectivity index (χ0) is 24.7. The molecule has 0 saturated carbocycles. The summed E-state index contributed by atoms with van der Waals surface area (Å²) in [5.41, 5.74) is 2.76. The Morgan fingerprint density at radius 3 is 2.15 bits per heavy atom. The average molecular weight is 471 g/mol. The quantitative estimate of drug-likeness (QED) is 0.396. The van der Waals surface area contributed by atoms with E-state index < -0.39 is 36.2 Å². The van der Waals surface area contributed by atoms with Crippen LogP contribution in [0.3, 0.4) is 0 Å². The van der Waals surface area contributed by atoms with Crippen molar-refractivity contribution in [3.05, 3.63) is 59.7 Å². The molecule has 0 saturated heterocycles. The van der Waals surface area contributed by atoms with E-state index in [9.17, 15) is 19.5 Å². The van der Waals surface area contributed by atoms with Crippen LogP contribution in [-0.2, 0) is 19.1 Å². The van der Waals surface area contributed by atoms with E-state index in [0.29, 0.717) is 0 Å². The molecular weight excluding hydrogens is 440 g/mol. The molecule has 2 unspecified atom stereocenters. The third kappa shape index (κ3) is 5.21. The maximum absolute atomic E-state index is 13.0. The average Bonchev–Trinajstić information content (AvgIpc) is 3.15. The number of fused-ring (bicyclic) bond motifs is 3. The van der Waals surface area contributed by atoms with Gasteiger partial charge in [-0.05, 0) is 28.7 Å². The molecule has 182 valence electrons. The smallest absolute Gasteiger partial charge is 0.408 e. The normalized spacial score (nSPS) is 14.9. The number of hydrogen-bond donors (Lipinski definition) is 4. The van der Waals surface area contributed by atoms with Crippen molar-refractivity contribution in [3.8, 4) is 11.1 Å². The second-order valence-corrected chi connectivity index (χ2v) is 8.20. The first-order valence-corrected chi connectivity index (χ1v) is 11.1. The Bertz CT molecular complexity index is 996. The third-order valence-electron chi connectivity index (χ3n) is 6.14. The number of benzene rings is 2. The van der Waals surface area contributed by atoms with E-state index in [2.05, 4.69) is 10.6 Å². The molecule has 1 aliphatic carbocycles. The lowest BCUT2D eigenvalue weighted by Gasteiger charge is -2.32. The van der Waals surface area contributed by atoms with Crippen molar-refractivity contribution in [2.24, 2.45) is 0 Å². The van der Waals surface area contributed by atoms with Crippen LogP contribution in [0, 0.1) is 0 Å². The Kier molecular flexibility index (Phi) is 8.25. The Hall–Kier alpha value is -3.43. The van der Waals surface area contributed by atoms with Gasteiger partial charge in [0.05, 0.1) is 6.61 Å². The van der Waals surface area contributed by atoms with Crippen molar-refractivity contribution in [3.63, 3.8) is 0 Å². The highest BCUT2D eigenvalue weighted by atomic mass is 16.5. The standard InChI is InChI=1S/C25H30N2O7/c1-3-25(15-33-2,23(31)26-21(12-13-28)22(29)30)27-24(32)34-14-20-18-10-6-4-8-16(18)17-9-5-7-11-19(17)20/h4-11,20-21,28H,3,12-15H2,1-2H3,(H,26,31)(H,27,32)(H,29,30). The van der Waals surface area contributed by atoms with Crippen LogP contribution < -0.4 is 10.6 Å². The fourth-order valence-electron chi connectivity index (χ4n) is 4.27. The zero-order valence-corrected chi connectivity index (χ0v) is 19.2. The molecule has 2 amide bonds. The van der Waals surface area contributed by atoms with Gasteiger partial charge in [0.25, 0.3) is 0 Å². The minimum atomic E-state index is -1.54. The van der Waals surface area contributed by atoms with Crippen LogP contribution in [0.25, 0.3) is 11.1 Å². The van der Waals surface area contributed by atoms with E-state index in [4.69, 9.17) is 14.6 Å². The van der Waals surface area contributed by atoms with E-state index in [0.717, 1.165) is 22.3 Å². The monoisotopic (exact) mass is 470 g/mol. The SMILES string of the molecule is CCC(COC)(NC(=O)OCC1c2ccccc2-c2ccccc21)C(=O)NC(CCO)C(=O)O. The van der Waals surface area contributed by atoms with Gasteiger partial charge in [0.1, 0.15) is 18.2 Å². The number of aliphatic hydroxyl groups is 1. The first-order chi connectivity index (χ1) is 16.4. The van der Waals surface area contributed by atoms with Crippen molar-refractivity contribution >= 4 is 18.0 Å². The number of carbonyl (C=O) groups excluding carboxylic acids is 2. The van der Waals surface area contributed by atoms with E-state index in [1.54, 1.807) is 6.92 Å². The fourth-order valence-corrected chi connectivity index (χ4v) is 4.27. The number of methoxy groups -OCH3 is 1. The number of amides is 2. The lowest BCUT2D eigenvalue weighted by Crippen LogP contribution is -2.63. The molecule has 9 nitrogen and oxygen atoms in total. The van der Waals surface area contributed by atoms with Crippen LogP contribution in [0.4, 0.5) is 4.79 Å². The zero-order valence-electron chi connectivity index (χ0n) is 19.2. The number of rotatable bonds is 11. The molecule has 34 heavy (non-hydrogen) atoms. The minimum Gasteiger partial charge on any atom is -0.480 e. The van der Waals surface area contributed by atoms with Crippen molar-refractivity contribution in [2.45, 2.75) is 37.3 Å². The summed E-state index contributed by atoms with van der Waals surface area (Å²) in [5.74, 6) is -2.16. The topological polar surface area (TPSA) is 134 Å². The minimum absolute atomic E-state index is 0.0660. The molecule has 0 spiro atoms. The molecule has 4 N–H and O–H groups in total. The van der Waals surface area contributed by atoms with E-state index >= 15 is 0 Å². The molecule has 0 aromatic heterocycles. The highest BCUT2D eigenvalue weighted by Crippen LogP contribution is 2.44. The second-order valence-electron chi connectivity index (χ2n) is 8.20. The summed E-state index contributed by atoms with van der Waals surface area (Å²) < 4.78 is 10.7. The van der Waals surface area contributed by atoms with Gasteiger partial charge in [-0.1, -0.05) is 55.5 Å². The molecular formula is C25H30N2O7. The van der Waals surface area contributed by atoms with Gasteiger partial charge in [0.2, 0.25) is 5.91 Å². The number of aliphatic carboxylic acids is 1. The highest BCUT2D eigenvalue weighted by molar-refractivity contribution is 5.93. The van der Waals surface area contributed by atoms with Gasteiger partial charge in [-0.15, -0.1) is 0 Å². The molecule has 0 heterocycles. The number of carboxylic acids is 1. The number of carbonyl (C=O) groups is 3. The van der Waals surface area contributed by atoms with Crippen molar-refractivity contribution in [1.82, 2.24) is 10.6 Å². The van der Waals surface area contributed by atoms with Gasteiger partial charge in [0, 0.05) is 26.1 Å². The summed E-state index contributed by atoms with van der Waals surface area (Å²) in [5, 5.41) is 23.4. The van der Waals surface area contributed by atoms with Gasteiger partial charge in [0.15, 0.2) is 0 Å². The van der Waals surface area contributed by atoms with Crippen molar-refractivity contribution in [1.29, 1.82) is 0 Å². The number of nitrogens with one attached hydrogen (secondary N) is 2. The summed E-state index contributed by atoms with van der Waals surface area (Å²) in [6, 6.07) is 14.6. The maximum atomic E-state index is 13.0. The molecule has 2 atom stereocenters. The Morgan fingerprint density at radius 2 is 1.65 bits per heavy atom. The van der Waals surface area contributed by atoms with Crippen LogP contribution in [0.2, 0.25) is 0 Å². The molecule has 2 aromatic rings.